The van der Waals surface area contributed by atoms with E-state index in [0.717, 1.165) is 5.56 Å². The normalized spacial score (nSPS) is 11.6. The topological polar surface area (TPSA) is 114 Å². The molecule has 1 aromatic carbocycles. The summed E-state index contributed by atoms with van der Waals surface area (Å²) in [6, 6.07) is 8.80. The lowest BCUT2D eigenvalue weighted by Crippen LogP contribution is -2.35. The van der Waals surface area contributed by atoms with Gasteiger partial charge < -0.3 is 21.5 Å². The first kappa shape index (κ1) is 15.0. The van der Waals surface area contributed by atoms with Gasteiger partial charge in [0.15, 0.2) is 5.96 Å². The zero-order chi connectivity index (χ0) is 14.1. The standard InChI is InChI=1S/C13H20N4O2/c14-11(7-4-8-17-13(15)16)12(18)19-9-10-5-2-1-3-6-10/h1-3,5-6,11H,4,7-9,14H2,(H4,15,16,17). The van der Waals surface area contributed by atoms with E-state index in [0.29, 0.717) is 19.4 Å². The summed E-state index contributed by atoms with van der Waals surface area (Å²) in [6.45, 7) is 0.758. The number of nitrogens with two attached hydrogens (primary N) is 2. The van der Waals surface area contributed by atoms with Crippen molar-refractivity contribution in [1.29, 1.82) is 5.41 Å². The Kier molecular flexibility index (Phi) is 6.38. The van der Waals surface area contributed by atoms with Gasteiger partial charge >= 0.3 is 5.97 Å². The molecule has 0 aliphatic heterocycles. The molecule has 0 bridgehead atoms. The van der Waals surface area contributed by atoms with Crippen LogP contribution in [0, 0.1) is 5.41 Å². The lowest BCUT2D eigenvalue weighted by Gasteiger charge is -2.11. The molecule has 0 fully saturated rings. The van der Waals surface area contributed by atoms with Crippen LogP contribution in [0.3, 0.4) is 0 Å². The van der Waals surface area contributed by atoms with E-state index in [2.05, 4.69) is 5.32 Å². The van der Waals surface area contributed by atoms with Crippen LogP contribution in [0.1, 0.15) is 18.4 Å². The van der Waals surface area contributed by atoms with Gasteiger partial charge in [-0.15, -0.1) is 0 Å². The molecule has 0 spiro atoms. The van der Waals surface area contributed by atoms with Crippen LogP contribution in [0.2, 0.25) is 0 Å². The molecule has 0 saturated carbocycles. The molecule has 1 rings (SSSR count). The van der Waals surface area contributed by atoms with Gasteiger partial charge in [-0.3, -0.25) is 10.2 Å². The quantitative estimate of drug-likeness (QED) is 0.245. The number of benzene rings is 1. The van der Waals surface area contributed by atoms with Crippen LogP contribution in [0.15, 0.2) is 30.3 Å². The molecular weight excluding hydrogens is 244 g/mol. The van der Waals surface area contributed by atoms with Crippen molar-refractivity contribution in [2.45, 2.75) is 25.5 Å². The maximum atomic E-state index is 11.6. The summed E-state index contributed by atoms with van der Waals surface area (Å²) >= 11 is 0. The molecular formula is C13H20N4O2. The molecule has 0 aromatic heterocycles. The minimum Gasteiger partial charge on any atom is -0.460 e. The molecule has 0 aliphatic carbocycles. The number of hydrogen-bond acceptors (Lipinski definition) is 4. The predicted octanol–water partition coefficient (Wildman–Crippen LogP) is 0.320. The first-order valence-electron chi connectivity index (χ1n) is 6.13. The highest BCUT2D eigenvalue weighted by Gasteiger charge is 2.14. The summed E-state index contributed by atoms with van der Waals surface area (Å²) in [6.07, 6.45) is 1.15. The zero-order valence-corrected chi connectivity index (χ0v) is 10.8. The third-order valence-corrected chi connectivity index (χ3v) is 2.53. The highest BCUT2D eigenvalue weighted by Crippen LogP contribution is 2.03. The number of nitrogens with one attached hydrogen (secondary N) is 2. The van der Waals surface area contributed by atoms with E-state index in [4.69, 9.17) is 21.6 Å². The largest absolute Gasteiger partial charge is 0.460 e. The van der Waals surface area contributed by atoms with Crippen LogP contribution < -0.4 is 16.8 Å². The van der Waals surface area contributed by atoms with Crippen molar-refractivity contribution < 1.29 is 9.53 Å². The number of carbonyl (C=O) groups is 1. The summed E-state index contributed by atoms with van der Waals surface area (Å²) in [5.74, 6) is -0.494. The van der Waals surface area contributed by atoms with Crippen molar-refractivity contribution >= 4 is 11.9 Å². The van der Waals surface area contributed by atoms with Gasteiger partial charge in [0.05, 0.1) is 0 Å². The second-order valence-electron chi connectivity index (χ2n) is 4.18. The number of ether oxygens (including phenoxy) is 1. The molecule has 0 radical (unpaired) electrons. The average molecular weight is 264 g/mol. The van der Waals surface area contributed by atoms with Crippen molar-refractivity contribution in [1.82, 2.24) is 5.32 Å². The number of hydrogen-bond donors (Lipinski definition) is 4. The van der Waals surface area contributed by atoms with Crippen LogP contribution in [-0.2, 0) is 16.1 Å². The SMILES string of the molecule is N=C(N)NCCCC(N)C(=O)OCc1ccccc1. The third kappa shape index (κ3) is 6.42. The first-order valence-corrected chi connectivity index (χ1v) is 6.13. The lowest BCUT2D eigenvalue weighted by atomic mass is 10.1. The number of carbonyl (C=O) groups excluding carboxylic acids is 1. The Morgan fingerprint density at radius 3 is 2.68 bits per heavy atom. The monoisotopic (exact) mass is 264 g/mol. The second-order valence-corrected chi connectivity index (χ2v) is 4.18. The van der Waals surface area contributed by atoms with E-state index in [9.17, 15) is 4.79 Å². The van der Waals surface area contributed by atoms with Crippen LogP contribution in [0.4, 0.5) is 0 Å². The summed E-state index contributed by atoms with van der Waals surface area (Å²) < 4.78 is 5.12. The van der Waals surface area contributed by atoms with Gasteiger partial charge in [0.25, 0.3) is 0 Å². The summed E-state index contributed by atoms with van der Waals surface area (Å²) in [7, 11) is 0. The summed E-state index contributed by atoms with van der Waals surface area (Å²) in [5.41, 5.74) is 11.8. The maximum absolute atomic E-state index is 11.6. The van der Waals surface area contributed by atoms with E-state index in [1.807, 2.05) is 30.3 Å². The van der Waals surface area contributed by atoms with Gasteiger partial charge in [-0.25, -0.2) is 0 Å². The van der Waals surface area contributed by atoms with Gasteiger partial charge in [-0.1, -0.05) is 30.3 Å². The molecule has 0 aliphatic rings. The molecule has 6 heteroatoms. The van der Waals surface area contributed by atoms with Gasteiger partial charge in [-0.05, 0) is 18.4 Å². The van der Waals surface area contributed by atoms with E-state index < -0.39 is 12.0 Å². The van der Waals surface area contributed by atoms with E-state index in [1.165, 1.54) is 0 Å². The van der Waals surface area contributed by atoms with Crippen molar-refractivity contribution in [3.63, 3.8) is 0 Å². The number of guanidine groups is 1. The zero-order valence-electron chi connectivity index (χ0n) is 10.8. The van der Waals surface area contributed by atoms with E-state index in [-0.39, 0.29) is 12.6 Å². The van der Waals surface area contributed by atoms with Crippen LogP contribution in [0.5, 0.6) is 0 Å². The molecule has 1 aromatic rings. The van der Waals surface area contributed by atoms with Gasteiger partial charge in [0.1, 0.15) is 12.6 Å². The minimum atomic E-state index is -0.641. The third-order valence-electron chi connectivity index (χ3n) is 2.53. The molecule has 0 amide bonds. The maximum Gasteiger partial charge on any atom is 0.323 e. The Hall–Kier alpha value is -2.08. The molecule has 6 N–H and O–H groups in total. The van der Waals surface area contributed by atoms with Crippen LogP contribution >= 0.6 is 0 Å². The molecule has 1 atom stereocenters. The molecule has 6 nitrogen and oxygen atoms in total. The van der Waals surface area contributed by atoms with Crippen LogP contribution in [0.25, 0.3) is 0 Å². The van der Waals surface area contributed by atoms with E-state index in [1.54, 1.807) is 0 Å². The van der Waals surface area contributed by atoms with Crippen molar-refractivity contribution in [3.05, 3.63) is 35.9 Å². The lowest BCUT2D eigenvalue weighted by molar-refractivity contribution is -0.146. The highest BCUT2D eigenvalue weighted by atomic mass is 16.5. The molecule has 0 saturated heterocycles. The predicted molar refractivity (Wildman–Crippen MR) is 73.4 cm³/mol. The highest BCUT2D eigenvalue weighted by molar-refractivity contribution is 5.75. The number of rotatable bonds is 7. The summed E-state index contributed by atoms with van der Waals surface area (Å²) in [4.78, 5) is 11.6. The number of esters is 1. The summed E-state index contributed by atoms with van der Waals surface area (Å²) in [5, 5.41) is 9.62. The average Bonchev–Trinajstić information content (AvgIpc) is 2.41. The van der Waals surface area contributed by atoms with Gasteiger partial charge in [0, 0.05) is 6.54 Å². The fourth-order valence-electron chi connectivity index (χ4n) is 1.50. The van der Waals surface area contributed by atoms with Crippen molar-refractivity contribution in [2.75, 3.05) is 6.54 Å². The van der Waals surface area contributed by atoms with Gasteiger partial charge in [-0.2, -0.15) is 0 Å². The Morgan fingerprint density at radius 2 is 2.05 bits per heavy atom. The molecule has 19 heavy (non-hydrogen) atoms. The Morgan fingerprint density at radius 1 is 1.37 bits per heavy atom. The Labute approximate surface area is 112 Å². The Balaban J connectivity index is 2.20. The molecule has 104 valence electrons. The van der Waals surface area contributed by atoms with Crippen LogP contribution in [-0.4, -0.2) is 24.5 Å². The smallest absolute Gasteiger partial charge is 0.323 e. The first-order chi connectivity index (χ1) is 9.09. The Bertz CT molecular complexity index is 408. The van der Waals surface area contributed by atoms with Crippen molar-refractivity contribution in [2.24, 2.45) is 11.5 Å². The molecule has 1 unspecified atom stereocenters. The van der Waals surface area contributed by atoms with Gasteiger partial charge in [0.2, 0.25) is 0 Å². The fourth-order valence-corrected chi connectivity index (χ4v) is 1.50. The molecule has 0 heterocycles. The minimum absolute atomic E-state index is 0.0831. The second kappa shape index (κ2) is 8.10. The van der Waals surface area contributed by atoms with E-state index >= 15 is 0 Å². The van der Waals surface area contributed by atoms with Crippen molar-refractivity contribution in [3.8, 4) is 0 Å². The fraction of sp³-hybridized carbons (Fsp3) is 0.385.